The molecule has 1 heteroatoms. The molecule has 0 atom stereocenters. The topological polar surface area (TPSA) is 0 Å². The van der Waals surface area contributed by atoms with Crippen LogP contribution in [-0.4, -0.2) is 0 Å². The Morgan fingerprint density at radius 2 is 1.56 bits per heavy atom. The van der Waals surface area contributed by atoms with Crippen molar-refractivity contribution in [2.45, 2.75) is 29.1 Å². The summed E-state index contributed by atoms with van der Waals surface area (Å²) in [6.45, 7) is 0. The Labute approximate surface area is 101 Å². The molecule has 0 saturated heterocycles. The van der Waals surface area contributed by atoms with Crippen LogP contribution in [0.1, 0.15) is 17.5 Å². The summed E-state index contributed by atoms with van der Waals surface area (Å²) in [5, 5.41) is 0. The molecule has 2 aromatic rings. The van der Waals surface area contributed by atoms with E-state index in [0.29, 0.717) is 0 Å². The molecule has 0 aromatic heterocycles. The van der Waals surface area contributed by atoms with Crippen molar-refractivity contribution in [2.75, 3.05) is 0 Å². The van der Waals surface area contributed by atoms with E-state index < -0.39 is 0 Å². The SMILES string of the molecule is c1ccc(Sc2ccc3c(c2)CCC3)cc1. The molecule has 0 amide bonds. The quantitative estimate of drug-likeness (QED) is 0.734. The predicted molar refractivity (Wildman–Crippen MR) is 69.0 cm³/mol. The Balaban J connectivity index is 1.86. The summed E-state index contributed by atoms with van der Waals surface area (Å²) in [6.07, 6.45) is 3.86. The number of rotatable bonds is 2. The van der Waals surface area contributed by atoms with E-state index in [1.54, 1.807) is 11.1 Å². The first-order valence-electron chi connectivity index (χ1n) is 5.76. The third-order valence-electron chi connectivity index (χ3n) is 3.05. The number of hydrogen-bond acceptors (Lipinski definition) is 1. The lowest BCUT2D eigenvalue weighted by molar-refractivity contribution is 0.911. The molecule has 0 unspecified atom stereocenters. The summed E-state index contributed by atoms with van der Waals surface area (Å²) < 4.78 is 0. The second-order valence-electron chi connectivity index (χ2n) is 4.20. The Kier molecular flexibility index (Phi) is 2.71. The van der Waals surface area contributed by atoms with Gasteiger partial charge in [0.2, 0.25) is 0 Å². The van der Waals surface area contributed by atoms with Gasteiger partial charge in [0.15, 0.2) is 0 Å². The lowest BCUT2D eigenvalue weighted by atomic mass is 10.1. The molecule has 0 aliphatic heterocycles. The highest BCUT2D eigenvalue weighted by Gasteiger charge is 2.10. The Morgan fingerprint density at radius 1 is 0.750 bits per heavy atom. The third-order valence-corrected chi connectivity index (χ3v) is 4.05. The molecule has 0 bridgehead atoms. The van der Waals surface area contributed by atoms with E-state index >= 15 is 0 Å². The summed E-state index contributed by atoms with van der Waals surface area (Å²) in [7, 11) is 0. The zero-order valence-electron chi connectivity index (χ0n) is 9.15. The summed E-state index contributed by atoms with van der Waals surface area (Å²) in [6, 6.07) is 17.5. The Bertz CT molecular complexity index is 488. The molecule has 80 valence electrons. The molecule has 2 aromatic carbocycles. The van der Waals surface area contributed by atoms with Gasteiger partial charge >= 0.3 is 0 Å². The van der Waals surface area contributed by atoms with Crippen LogP contribution >= 0.6 is 11.8 Å². The Morgan fingerprint density at radius 3 is 2.44 bits per heavy atom. The van der Waals surface area contributed by atoms with Gasteiger partial charge in [-0.2, -0.15) is 0 Å². The molecule has 0 spiro atoms. The van der Waals surface area contributed by atoms with Gasteiger partial charge in [-0.25, -0.2) is 0 Å². The average Bonchev–Trinajstić information content (AvgIpc) is 2.77. The number of hydrogen-bond donors (Lipinski definition) is 0. The molecule has 0 fully saturated rings. The zero-order chi connectivity index (χ0) is 10.8. The fourth-order valence-electron chi connectivity index (χ4n) is 2.24. The standard InChI is InChI=1S/C15H14S/c1-2-7-14(8-3-1)16-15-10-9-12-5-4-6-13(12)11-15/h1-3,7-11H,4-6H2. The molecule has 1 aliphatic carbocycles. The zero-order valence-corrected chi connectivity index (χ0v) is 9.96. The summed E-state index contributed by atoms with van der Waals surface area (Å²) in [4.78, 5) is 2.69. The summed E-state index contributed by atoms with van der Waals surface area (Å²) >= 11 is 1.85. The van der Waals surface area contributed by atoms with Crippen molar-refractivity contribution in [1.82, 2.24) is 0 Å². The third kappa shape index (κ3) is 2.00. The minimum atomic E-state index is 1.26. The minimum Gasteiger partial charge on any atom is -0.0901 e. The summed E-state index contributed by atoms with van der Waals surface area (Å²) in [5.41, 5.74) is 3.11. The van der Waals surface area contributed by atoms with Crippen LogP contribution < -0.4 is 0 Å². The van der Waals surface area contributed by atoms with Crippen molar-refractivity contribution in [1.29, 1.82) is 0 Å². The average molecular weight is 226 g/mol. The van der Waals surface area contributed by atoms with Gasteiger partial charge in [0, 0.05) is 9.79 Å². The van der Waals surface area contributed by atoms with E-state index in [2.05, 4.69) is 48.5 Å². The van der Waals surface area contributed by atoms with Gasteiger partial charge in [-0.3, -0.25) is 0 Å². The molecular formula is C15H14S. The lowest BCUT2D eigenvalue weighted by Crippen LogP contribution is -1.82. The van der Waals surface area contributed by atoms with Gasteiger partial charge in [0.05, 0.1) is 0 Å². The molecule has 0 nitrogen and oxygen atoms in total. The van der Waals surface area contributed by atoms with Crippen molar-refractivity contribution < 1.29 is 0 Å². The maximum absolute atomic E-state index is 2.36. The fourth-order valence-corrected chi connectivity index (χ4v) is 3.14. The number of fused-ring (bicyclic) bond motifs is 1. The first kappa shape index (κ1) is 9.98. The van der Waals surface area contributed by atoms with Crippen LogP contribution in [0.15, 0.2) is 58.3 Å². The van der Waals surface area contributed by atoms with Crippen molar-refractivity contribution in [2.24, 2.45) is 0 Å². The van der Waals surface area contributed by atoms with Gasteiger partial charge in [-0.1, -0.05) is 36.0 Å². The highest BCUT2D eigenvalue weighted by atomic mass is 32.2. The van der Waals surface area contributed by atoms with E-state index in [1.807, 2.05) is 11.8 Å². The Hall–Kier alpha value is -1.21. The van der Waals surface area contributed by atoms with Crippen molar-refractivity contribution in [3.8, 4) is 0 Å². The van der Waals surface area contributed by atoms with Crippen molar-refractivity contribution in [3.63, 3.8) is 0 Å². The molecule has 0 heterocycles. The molecule has 1 aliphatic rings. The normalized spacial score (nSPS) is 13.8. The van der Waals surface area contributed by atoms with Gasteiger partial charge in [-0.15, -0.1) is 0 Å². The highest BCUT2D eigenvalue weighted by Crippen LogP contribution is 2.31. The second-order valence-corrected chi connectivity index (χ2v) is 5.35. The van der Waals surface area contributed by atoms with Gasteiger partial charge in [-0.05, 0) is 54.7 Å². The fraction of sp³-hybridized carbons (Fsp3) is 0.200. The van der Waals surface area contributed by atoms with Crippen LogP contribution in [0.4, 0.5) is 0 Å². The monoisotopic (exact) mass is 226 g/mol. The largest absolute Gasteiger partial charge is 0.0901 e. The molecule has 0 saturated carbocycles. The van der Waals surface area contributed by atoms with Gasteiger partial charge in [0.1, 0.15) is 0 Å². The predicted octanol–water partition coefficient (Wildman–Crippen LogP) is 4.33. The minimum absolute atomic E-state index is 1.26. The molecule has 16 heavy (non-hydrogen) atoms. The maximum Gasteiger partial charge on any atom is 0.0125 e. The molecular weight excluding hydrogens is 212 g/mol. The van der Waals surface area contributed by atoms with E-state index in [1.165, 1.54) is 29.1 Å². The molecule has 0 N–H and O–H groups in total. The van der Waals surface area contributed by atoms with E-state index in [4.69, 9.17) is 0 Å². The van der Waals surface area contributed by atoms with Crippen LogP contribution in [-0.2, 0) is 12.8 Å². The van der Waals surface area contributed by atoms with Crippen LogP contribution in [0.25, 0.3) is 0 Å². The molecule has 3 rings (SSSR count). The van der Waals surface area contributed by atoms with Crippen LogP contribution in [0.2, 0.25) is 0 Å². The first-order chi connectivity index (χ1) is 7.92. The van der Waals surface area contributed by atoms with Crippen molar-refractivity contribution >= 4 is 11.8 Å². The van der Waals surface area contributed by atoms with Gasteiger partial charge < -0.3 is 0 Å². The number of aryl methyl sites for hydroxylation is 2. The van der Waals surface area contributed by atoms with Crippen LogP contribution in [0.5, 0.6) is 0 Å². The highest BCUT2D eigenvalue weighted by molar-refractivity contribution is 7.99. The van der Waals surface area contributed by atoms with E-state index in [0.717, 1.165) is 0 Å². The molecule has 0 radical (unpaired) electrons. The first-order valence-corrected chi connectivity index (χ1v) is 6.58. The second kappa shape index (κ2) is 4.34. The maximum atomic E-state index is 2.36. The van der Waals surface area contributed by atoms with E-state index in [9.17, 15) is 0 Å². The number of benzene rings is 2. The van der Waals surface area contributed by atoms with Crippen LogP contribution in [0, 0.1) is 0 Å². The van der Waals surface area contributed by atoms with Crippen molar-refractivity contribution in [3.05, 3.63) is 59.7 Å². The van der Waals surface area contributed by atoms with Gasteiger partial charge in [0.25, 0.3) is 0 Å². The smallest absolute Gasteiger partial charge is 0.0125 e. The summed E-state index contributed by atoms with van der Waals surface area (Å²) in [5.74, 6) is 0. The lowest BCUT2D eigenvalue weighted by Gasteiger charge is -2.04. The van der Waals surface area contributed by atoms with E-state index in [-0.39, 0.29) is 0 Å². The van der Waals surface area contributed by atoms with Crippen LogP contribution in [0.3, 0.4) is 0 Å².